The third-order valence-electron chi connectivity index (χ3n) is 4.69. The minimum Gasteiger partial charge on any atom is -0.378 e. The van der Waals surface area contributed by atoms with E-state index >= 15 is 0 Å². The predicted molar refractivity (Wildman–Crippen MR) is 102 cm³/mol. The fourth-order valence-electron chi connectivity index (χ4n) is 2.99. The van der Waals surface area contributed by atoms with Crippen molar-refractivity contribution in [2.24, 2.45) is 0 Å². The largest absolute Gasteiger partial charge is 0.378 e. The van der Waals surface area contributed by atoms with Gasteiger partial charge in [-0.05, 0) is 37.1 Å². The van der Waals surface area contributed by atoms with Gasteiger partial charge in [0, 0.05) is 37.8 Å². The molecule has 7 nitrogen and oxygen atoms in total. The average Bonchev–Trinajstić information content (AvgIpc) is 2.60. The molecule has 1 unspecified atom stereocenters. The highest BCUT2D eigenvalue weighted by atomic mass is 32.2. The summed E-state index contributed by atoms with van der Waals surface area (Å²) in [5.41, 5.74) is 2.23. The molecule has 1 atom stereocenters. The second-order valence-corrected chi connectivity index (χ2v) is 8.42. The molecule has 0 aromatic heterocycles. The molecule has 2 N–H and O–H groups in total. The SMILES string of the molecule is CCN(CC)S(=O)(=O)c1cc(C)c(C)c(NC(=O)CC2COCCN2)c1. The maximum absolute atomic E-state index is 12.8. The molecule has 0 spiro atoms. The van der Waals surface area contributed by atoms with Crippen molar-refractivity contribution in [3.63, 3.8) is 0 Å². The van der Waals surface area contributed by atoms with E-state index in [1.165, 1.54) is 4.31 Å². The number of carbonyl (C=O) groups is 1. The zero-order valence-electron chi connectivity index (χ0n) is 16.0. The fraction of sp³-hybridized carbons (Fsp3) is 0.611. The van der Waals surface area contributed by atoms with Gasteiger partial charge in [-0.2, -0.15) is 4.31 Å². The summed E-state index contributed by atoms with van der Waals surface area (Å²) in [6.07, 6.45) is 0.283. The van der Waals surface area contributed by atoms with E-state index in [2.05, 4.69) is 10.6 Å². The van der Waals surface area contributed by atoms with Crippen LogP contribution in [0.15, 0.2) is 17.0 Å². The molecule has 0 saturated carbocycles. The zero-order valence-corrected chi connectivity index (χ0v) is 16.8. The minimum atomic E-state index is -3.58. The zero-order chi connectivity index (χ0) is 19.3. The van der Waals surface area contributed by atoms with Crippen LogP contribution in [0, 0.1) is 13.8 Å². The Balaban J connectivity index is 2.23. The van der Waals surface area contributed by atoms with E-state index in [1.807, 2.05) is 27.7 Å². The van der Waals surface area contributed by atoms with E-state index in [9.17, 15) is 13.2 Å². The standard InChI is InChI=1S/C18H29N3O4S/c1-5-21(6-2)26(23,24)16-9-13(3)14(4)17(11-16)20-18(22)10-15-12-25-8-7-19-15/h9,11,15,19H,5-8,10,12H2,1-4H3,(H,20,22). The van der Waals surface area contributed by atoms with Crippen molar-refractivity contribution in [3.8, 4) is 0 Å². The Morgan fingerprint density at radius 3 is 2.58 bits per heavy atom. The quantitative estimate of drug-likeness (QED) is 0.748. The van der Waals surface area contributed by atoms with Gasteiger partial charge in [0.05, 0.1) is 18.1 Å². The minimum absolute atomic E-state index is 0.0206. The molecular formula is C18H29N3O4S. The molecule has 0 bridgehead atoms. The summed E-state index contributed by atoms with van der Waals surface area (Å²) in [5, 5.41) is 6.11. The average molecular weight is 384 g/mol. The van der Waals surface area contributed by atoms with Crippen molar-refractivity contribution in [1.82, 2.24) is 9.62 Å². The molecule has 1 heterocycles. The first-order chi connectivity index (χ1) is 12.3. The van der Waals surface area contributed by atoms with Crippen molar-refractivity contribution in [2.75, 3.05) is 38.2 Å². The van der Waals surface area contributed by atoms with Crippen molar-refractivity contribution in [1.29, 1.82) is 0 Å². The Labute approximate surface area is 156 Å². The summed E-state index contributed by atoms with van der Waals surface area (Å²) in [7, 11) is -3.58. The number of hydrogen-bond donors (Lipinski definition) is 2. The summed E-state index contributed by atoms with van der Waals surface area (Å²) in [6, 6.07) is 3.20. The Morgan fingerprint density at radius 2 is 2.00 bits per heavy atom. The number of nitrogens with zero attached hydrogens (tertiary/aromatic N) is 1. The van der Waals surface area contributed by atoms with Crippen LogP contribution in [-0.4, -0.2) is 57.5 Å². The first kappa shape index (κ1) is 20.8. The number of anilines is 1. The normalized spacial score (nSPS) is 18.1. The molecule has 1 aliphatic heterocycles. The van der Waals surface area contributed by atoms with Gasteiger partial charge >= 0.3 is 0 Å². The lowest BCUT2D eigenvalue weighted by Gasteiger charge is -2.24. The van der Waals surface area contributed by atoms with Gasteiger partial charge in [-0.15, -0.1) is 0 Å². The van der Waals surface area contributed by atoms with Gasteiger partial charge in [-0.3, -0.25) is 4.79 Å². The highest BCUT2D eigenvalue weighted by molar-refractivity contribution is 7.89. The number of hydrogen-bond acceptors (Lipinski definition) is 5. The van der Waals surface area contributed by atoms with Crippen LogP contribution in [0.3, 0.4) is 0 Å². The molecular weight excluding hydrogens is 354 g/mol. The fourth-order valence-corrected chi connectivity index (χ4v) is 4.56. The van der Waals surface area contributed by atoms with Crippen LogP contribution in [-0.2, 0) is 19.6 Å². The van der Waals surface area contributed by atoms with Gasteiger partial charge in [-0.25, -0.2) is 8.42 Å². The molecule has 146 valence electrons. The summed E-state index contributed by atoms with van der Waals surface area (Å²) in [4.78, 5) is 12.6. The second-order valence-electron chi connectivity index (χ2n) is 6.48. The van der Waals surface area contributed by atoms with E-state index in [0.29, 0.717) is 32.0 Å². The molecule has 1 aliphatic rings. The third kappa shape index (κ3) is 4.82. The molecule has 1 aromatic rings. The van der Waals surface area contributed by atoms with E-state index in [0.717, 1.165) is 17.7 Å². The van der Waals surface area contributed by atoms with Gasteiger partial charge in [0.2, 0.25) is 15.9 Å². The second kappa shape index (κ2) is 8.94. The third-order valence-corrected chi connectivity index (χ3v) is 6.72. The summed E-state index contributed by atoms with van der Waals surface area (Å²) >= 11 is 0. The molecule has 0 radical (unpaired) electrons. The lowest BCUT2D eigenvalue weighted by molar-refractivity contribution is -0.117. The van der Waals surface area contributed by atoms with Crippen LogP contribution in [0.25, 0.3) is 0 Å². The number of morpholine rings is 1. The van der Waals surface area contributed by atoms with Crippen LogP contribution in [0.2, 0.25) is 0 Å². The molecule has 1 amide bonds. The van der Waals surface area contributed by atoms with Gasteiger partial charge in [0.15, 0.2) is 0 Å². The number of sulfonamides is 1. The Hall–Kier alpha value is -1.48. The number of amides is 1. The van der Waals surface area contributed by atoms with Crippen molar-refractivity contribution >= 4 is 21.6 Å². The summed E-state index contributed by atoms with van der Waals surface area (Å²) in [6.45, 7) is 10.0. The van der Waals surface area contributed by atoms with E-state index in [4.69, 9.17) is 4.74 Å². The number of rotatable bonds is 7. The van der Waals surface area contributed by atoms with Gasteiger partial charge in [0.25, 0.3) is 0 Å². The molecule has 1 aromatic carbocycles. The van der Waals surface area contributed by atoms with Crippen LogP contribution in [0.4, 0.5) is 5.69 Å². The predicted octanol–water partition coefficient (Wildman–Crippen LogP) is 1.65. The molecule has 2 rings (SSSR count). The van der Waals surface area contributed by atoms with E-state index in [1.54, 1.807) is 12.1 Å². The van der Waals surface area contributed by atoms with E-state index in [-0.39, 0.29) is 23.3 Å². The molecule has 0 aliphatic carbocycles. The highest BCUT2D eigenvalue weighted by Crippen LogP contribution is 2.26. The van der Waals surface area contributed by atoms with Crippen molar-refractivity contribution in [3.05, 3.63) is 23.3 Å². The molecule has 1 saturated heterocycles. The van der Waals surface area contributed by atoms with Gasteiger partial charge in [-0.1, -0.05) is 13.8 Å². The number of nitrogens with one attached hydrogen (secondary N) is 2. The first-order valence-corrected chi connectivity index (χ1v) is 10.5. The summed E-state index contributed by atoms with van der Waals surface area (Å²) in [5.74, 6) is -0.159. The Bertz CT molecular complexity index is 739. The topological polar surface area (TPSA) is 87.7 Å². The van der Waals surface area contributed by atoms with Crippen molar-refractivity contribution < 1.29 is 17.9 Å². The van der Waals surface area contributed by atoms with E-state index < -0.39 is 10.0 Å². The number of aryl methyl sites for hydroxylation is 1. The number of carbonyl (C=O) groups excluding carboxylic acids is 1. The van der Waals surface area contributed by atoms with Gasteiger partial charge in [0.1, 0.15) is 0 Å². The number of benzene rings is 1. The molecule has 1 fully saturated rings. The monoisotopic (exact) mass is 383 g/mol. The smallest absolute Gasteiger partial charge is 0.243 e. The Morgan fingerprint density at radius 1 is 1.31 bits per heavy atom. The first-order valence-electron chi connectivity index (χ1n) is 9.02. The van der Waals surface area contributed by atoms with Gasteiger partial charge < -0.3 is 15.4 Å². The van der Waals surface area contributed by atoms with Crippen molar-refractivity contribution in [2.45, 2.75) is 45.1 Å². The summed E-state index contributed by atoms with van der Waals surface area (Å²) < 4.78 is 32.4. The molecule has 8 heteroatoms. The Kier molecular flexibility index (Phi) is 7.16. The lowest BCUT2D eigenvalue weighted by atomic mass is 10.1. The maximum Gasteiger partial charge on any atom is 0.243 e. The van der Waals surface area contributed by atoms with Crippen LogP contribution >= 0.6 is 0 Å². The maximum atomic E-state index is 12.8. The molecule has 26 heavy (non-hydrogen) atoms. The number of ether oxygens (including phenoxy) is 1. The van der Waals surface area contributed by atoms with Crippen LogP contribution in [0.1, 0.15) is 31.4 Å². The highest BCUT2D eigenvalue weighted by Gasteiger charge is 2.24. The van der Waals surface area contributed by atoms with Crippen LogP contribution < -0.4 is 10.6 Å². The lowest BCUT2D eigenvalue weighted by Crippen LogP contribution is -2.43. The van der Waals surface area contributed by atoms with Crippen LogP contribution in [0.5, 0.6) is 0 Å².